The van der Waals surface area contributed by atoms with Crippen LogP contribution in [-0.2, 0) is 4.57 Å². The number of hydrogen-bond donors (Lipinski definition) is 4. The minimum absolute atomic E-state index is 0.660. The van der Waals surface area contributed by atoms with Crippen molar-refractivity contribution in [3.8, 4) is 0 Å². The van der Waals surface area contributed by atoms with Gasteiger partial charge in [0.15, 0.2) is 0 Å². The highest BCUT2D eigenvalue weighted by Gasteiger charge is 2.25. The third-order valence-corrected chi connectivity index (χ3v) is 2.90. The van der Waals surface area contributed by atoms with Gasteiger partial charge in [0.25, 0.3) is 0 Å². The number of para-hydroxylation sites is 1. The second kappa shape index (κ2) is 6.98. The van der Waals surface area contributed by atoms with Crippen LogP contribution in [0.15, 0.2) is 36.4 Å². The van der Waals surface area contributed by atoms with Gasteiger partial charge in [-0.3, -0.25) is 0 Å². The largest absolute Gasteiger partial charge is 0.466 e. The van der Waals surface area contributed by atoms with Gasteiger partial charge in [0.2, 0.25) is 5.95 Å². The first kappa shape index (κ1) is 16.6. The van der Waals surface area contributed by atoms with Gasteiger partial charge in [-0.25, -0.2) is 14.5 Å². The molecule has 1 heterocycles. The molecule has 22 heavy (non-hydrogen) atoms. The number of benzene rings is 1. The zero-order chi connectivity index (χ0) is 16.2. The Kier molecular flexibility index (Phi) is 5.26. The average Bonchev–Trinajstić information content (AvgIpc) is 3.21. The molecular weight excluding hydrogens is 305 g/mol. The number of rotatable bonds is 3. The molecule has 1 aromatic carbocycles. The van der Waals surface area contributed by atoms with Crippen molar-refractivity contribution in [1.82, 2.24) is 9.97 Å². The van der Waals surface area contributed by atoms with Crippen LogP contribution in [0.5, 0.6) is 0 Å². The Labute approximate surface area is 128 Å². The lowest BCUT2D eigenvalue weighted by Gasteiger charge is -2.07. The Balaban J connectivity index is 0.000000309. The van der Waals surface area contributed by atoms with E-state index in [0.29, 0.717) is 11.9 Å². The monoisotopic (exact) mass is 323 g/mol. The Morgan fingerprint density at radius 2 is 1.73 bits per heavy atom. The molecule has 0 bridgehead atoms. The second-order valence-electron chi connectivity index (χ2n) is 5.04. The van der Waals surface area contributed by atoms with Crippen molar-refractivity contribution in [2.75, 3.05) is 5.32 Å². The van der Waals surface area contributed by atoms with Crippen LogP contribution in [0.3, 0.4) is 0 Å². The number of nitrogens with one attached hydrogen (secondary N) is 1. The molecule has 0 radical (unpaired) electrons. The van der Waals surface area contributed by atoms with Crippen molar-refractivity contribution < 1.29 is 19.2 Å². The molecule has 7 nitrogen and oxygen atoms in total. The second-order valence-corrected chi connectivity index (χ2v) is 6.06. The van der Waals surface area contributed by atoms with Crippen molar-refractivity contribution in [2.45, 2.75) is 25.7 Å². The summed E-state index contributed by atoms with van der Waals surface area (Å²) in [5, 5.41) is 3.25. The van der Waals surface area contributed by atoms with Gasteiger partial charge >= 0.3 is 7.82 Å². The first-order chi connectivity index (χ1) is 10.3. The highest BCUT2D eigenvalue weighted by atomic mass is 31.2. The van der Waals surface area contributed by atoms with Crippen LogP contribution in [0.25, 0.3) is 0 Å². The van der Waals surface area contributed by atoms with E-state index in [-0.39, 0.29) is 0 Å². The van der Waals surface area contributed by atoms with Gasteiger partial charge in [0.1, 0.15) is 0 Å². The summed E-state index contributed by atoms with van der Waals surface area (Å²) < 4.78 is 8.88. The number of aromatic nitrogens is 2. The number of anilines is 2. The van der Waals surface area contributed by atoms with Crippen molar-refractivity contribution in [3.05, 3.63) is 47.8 Å². The van der Waals surface area contributed by atoms with E-state index < -0.39 is 7.82 Å². The molecule has 0 atom stereocenters. The van der Waals surface area contributed by atoms with Crippen LogP contribution in [0.1, 0.15) is 30.1 Å². The van der Waals surface area contributed by atoms with Gasteiger partial charge in [-0.05, 0) is 38.0 Å². The van der Waals surface area contributed by atoms with E-state index >= 15 is 0 Å². The number of nitrogens with zero attached hydrogens (tertiary/aromatic N) is 2. The maximum absolute atomic E-state index is 8.88. The average molecular weight is 323 g/mol. The third-order valence-electron chi connectivity index (χ3n) is 2.90. The van der Waals surface area contributed by atoms with Crippen LogP contribution in [-0.4, -0.2) is 24.6 Å². The summed E-state index contributed by atoms with van der Waals surface area (Å²) in [4.78, 5) is 30.5. The molecule has 0 unspecified atom stereocenters. The van der Waals surface area contributed by atoms with Gasteiger partial charge in [0, 0.05) is 23.0 Å². The van der Waals surface area contributed by atoms with Crippen LogP contribution < -0.4 is 5.32 Å². The summed E-state index contributed by atoms with van der Waals surface area (Å²) in [6, 6.07) is 12.1. The fourth-order valence-electron chi connectivity index (χ4n) is 1.89. The minimum atomic E-state index is -4.64. The molecule has 1 fully saturated rings. The standard InChI is InChI=1S/C14H15N3.H3O4P/c1-10-9-13(11-7-8-11)17-14(15-10)16-12-5-3-2-4-6-12;1-5(2,3)4/h2-6,9,11H,7-8H2,1H3,(H,15,16,17);(H3,1,2,3,4). The molecule has 1 aliphatic carbocycles. The van der Waals surface area contributed by atoms with E-state index in [0.717, 1.165) is 11.4 Å². The molecule has 8 heteroatoms. The smallest absolute Gasteiger partial charge is 0.324 e. The van der Waals surface area contributed by atoms with Crippen molar-refractivity contribution in [1.29, 1.82) is 0 Å². The Morgan fingerprint density at radius 1 is 1.14 bits per heavy atom. The molecule has 0 aliphatic heterocycles. The molecule has 1 aliphatic rings. The van der Waals surface area contributed by atoms with Gasteiger partial charge in [-0.2, -0.15) is 0 Å². The van der Waals surface area contributed by atoms with Gasteiger partial charge in [-0.15, -0.1) is 0 Å². The minimum Gasteiger partial charge on any atom is -0.324 e. The fourth-order valence-corrected chi connectivity index (χ4v) is 1.89. The van der Waals surface area contributed by atoms with Crippen LogP contribution in [0.4, 0.5) is 11.6 Å². The van der Waals surface area contributed by atoms with Crippen molar-refractivity contribution >= 4 is 19.5 Å². The molecule has 4 N–H and O–H groups in total. The maximum atomic E-state index is 8.88. The zero-order valence-electron chi connectivity index (χ0n) is 12.0. The first-order valence-corrected chi connectivity index (χ1v) is 8.34. The molecule has 0 amide bonds. The molecular formula is C14H18N3O4P. The van der Waals surface area contributed by atoms with Crippen LogP contribution >= 0.6 is 7.82 Å². The molecule has 118 valence electrons. The lowest BCUT2D eigenvalue weighted by atomic mass is 10.2. The van der Waals surface area contributed by atoms with E-state index in [1.807, 2.05) is 37.3 Å². The predicted molar refractivity (Wildman–Crippen MR) is 82.7 cm³/mol. The van der Waals surface area contributed by atoms with Gasteiger partial charge in [-0.1, -0.05) is 18.2 Å². The summed E-state index contributed by atoms with van der Waals surface area (Å²) in [6.45, 7) is 2.02. The molecule has 0 spiro atoms. The summed E-state index contributed by atoms with van der Waals surface area (Å²) >= 11 is 0. The molecule has 2 aromatic rings. The topological polar surface area (TPSA) is 116 Å². The summed E-state index contributed by atoms with van der Waals surface area (Å²) in [5.74, 6) is 1.37. The van der Waals surface area contributed by atoms with E-state index in [1.54, 1.807) is 0 Å². The highest BCUT2D eigenvalue weighted by Crippen LogP contribution is 2.39. The zero-order valence-corrected chi connectivity index (χ0v) is 12.9. The predicted octanol–water partition coefficient (Wildman–Crippen LogP) is 2.48. The summed E-state index contributed by atoms with van der Waals surface area (Å²) in [6.07, 6.45) is 2.53. The molecule has 3 rings (SSSR count). The summed E-state index contributed by atoms with van der Waals surface area (Å²) in [7, 11) is -4.64. The first-order valence-electron chi connectivity index (χ1n) is 6.77. The van der Waals surface area contributed by atoms with E-state index in [2.05, 4.69) is 21.4 Å². The highest BCUT2D eigenvalue weighted by molar-refractivity contribution is 7.45. The Hall–Kier alpha value is -1.79. The van der Waals surface area contributed by atoms with Crippen LogP contribution in [0.2, 0.25) is 0 Å². The van der Waals surface area contributed by atoms with Crippen molar-refractivity contribution in [3.63, 3.8) is 0 Å². The number of hydrogen-bond acceptors (Lipinski definition) is 4. The maximum Gasteiger partial charge on any atom is 0.466 e. The summed E-state index contributed by atoms with van der Waals surface area (Å²) in [5.41, 5.74) is 3.23. The normalized spacial score (nSPS) is 14.0. The molecule has 0 saturated heterocycles. The molecule has 1 aromatic heterocycles. The lowest BCUT2D eigenvalue weighted by Crippen LogP contribution is -2.01. The SMILES string of the molecule is Cc1cc(C2CC2)nc(Nc2ccccc2)n1.O=P(O)(O)O. The van der Waals surface area contributed by atoms with Gasteiger partial charge in [0.05, 0.1) is 0 Å². The number of aryl methyl sites for hydroxylation is 1. The molecule has 1 saturated carbocycles. The van der Waals surface area contributed by atoms with E-state index in [1.165, 1.54) is 18.5 Å². The van der Waals surface area contributed by atoms with Crippen molar-refractivity contribution in [2.24, 2.45) is 0 Å². The van der Waals surface area contributed by atoms with Crippen LogP contribution in [0, 0.1) is 6.92 Å². The Morgan fingerprint density at radius 3 is 2.27 bits per heavy atom. The fraction of sp³-hybridized carbons (Fsp3) is 0.286. The van der Waals surface area contributed by atoms with E-state index in [9.17, 15) is 0 Å². The quantitative estimate of drug-likeness (QED) is 0.641. The third kappa shape index (κ3) is 6.32. The van der Waals surface area contributed by atoms with Gasteiger partial charge < -0.3 is 20.0 Å². The number of phosphoric acid groups is 1. The van der Waals surface area contributed by atoms with E-state index in [4.69, 9.17) is 19.2 Å². The lowest BCUT2D eigenvalue weighted by molar-refractivity contribution is 0.275. The Bertz CT molecular complexity index is 663.